The summed E-state index contributed by atoms with van der Waals surface area (Å²) in [5, 5.41) is 26.7. The number of benzene rings is 2. The molecule has 0 fully saturated rings. The van der Waals surface area contributed by atoms with Crippen molar-refractivity contribution in [1.82, 2.24) is 26.6 Å². The van der Waals surface area contributed by atoms with Gasteiger partial charge >= 0.3 is 18.2 Å². The van der Waals surface area contributed by atoms with Crippen molar-refractivity contribution in [2.75, 3.05) is 85.0 Å². The minimum Gasteiger partial charge on any atom is -0.469 e. The number of amides is 7. The Hall–Kier alpha value is -7.44. The van der Waals surface area contributed by atoms with Gasteiger partial charge in [-0.1, -0.05) is 38.3 Å². The maximum absolute atomic E-state index is 13.9. The topological polar surface area (TPSA) is 352 Å². The molecule has 0 radical (unpaired) electrons. The highest BCUT2D eigenvalue weighted by Gasteiger charge is 2.32. The average molecular weight is 1100 g/mol. The maximum Gasteiger partial charge on any atom is 0.514 e. The first kappa shape index (κ1) is 64.8. The molecule has 0 heterocycles. The Morgan fingerprint density at radius 1 is 0.718 bits per heavy atom. The van der Waals surface area contributed by atoms with Crippen LogP contribution in [0.4, 0.5) is 21.0 Å². The summed E-state index contributed by atoms with van der Waals surface area (Å²) in [5.41, 5.74) is 5.82. The predicted octanol–water partition coefficient (Wildman–Crippen LogP) is 2.69. The van der Waals surface area contributed by atoms with Crippen molar-refractivity contribution in [2.45, 2.75) is 109 Å². The number of ether oxygens (including phenoxy) is 8. The van der Waals surface area contributed by atoms with E-state index in [9.17, 15) is 48.5 Å². The van der Waals surface area contributed by atoms with Gasteiger partial charge in [-0.15, -0.1) is 5.92 Å². The van der Waals surface area contributed by atoms with Crippen molar-refractivity contribution in [1.29, 1.82) is 0 Å². The fourth-order valence-corrected chi connectivity index (χ4v) is 7.07. The number of nitrogens with two attached hydrogens (primary N) is 1. The van der Waals surface area contributed by atoms with Crippen LogP contribution in [-0.4, -0.2) is 157 Å². The fourth-order valence-electron chi connectivity index (χ4n) is 7.07. The number of primary amides is 1. The van der Waals surface area contributed by atoms with E-state index >= 15 is 0 Å². The van der Waals surface area contributed by atoms with E-state index < -0.39 is 70.8 Å². The summed E-state index contributed by atoms with van der Waals surface area (Å²) in [6.07, 6.45) is 3.36. The Labute approximate surface area is 453 Å². The number of carbonyl (C=O) groups excluding carboxylic acids is 8. The molecule has 8 N–H and O–H groups in total. The molecule has 1 aliphatic rings. The van der Waals surface area contributed by atoms with E-state index in [1.165, 1.54) is 43.5 Å². The summed E-state index contributed by atoms with van der Waals surface area (Å²) in [6, 6.07) is 6.51. The van der Waals surface area contributed by atoms with E-state index in [4.69, 9.17) is 43.6 Å². The first-order chi connectivity index (χ1) is 37.5. The molecule has 0 aromatic heterocycles. The quantitative estimate of drug-likeness (QED) is 0.0128. The zero-order valence-corrected chi connectivity index (χ0v) is 44.4. The van der Waals surface area contributed by atoms with Crippen LogP contribution in [0.5, 0.6) is 5.75 Å². The van der Waals surface area contributed by atoms with Crippen LogP contribution < -0.4 is 42.4 Å². The number of hydrogen-bond donors (Lipinski definition) is 7. The van der Waals surface area contributed by atoms with Gasteiger partial charge in [0.15, 0.2) is 0 Å². The molecule has 0 bridgehead atoms. The number of nitrogens with zero attached hydrogens (tertiary/aromatic N) is 1. The Morgan fingerprint density at radius 3 is 2.01 bits per heavy atom. The predicted molar refractivity (Wildman–Crippen MR) is 279 cm³/mol. The SMILES string of the molecule is COC(=O)CC[C@H](NC(=O)CCOCCOCCOCCOCCNC(=O)COC1C#CCCCCC1)C(=O)N[C@H](C(=O)N[C@@H](CCCNC(N)=O)C(=O)Nc1ccc(COC(=O)Oc2ccc([N+](=O)[O-])cc2)cc1)C(C)C. The van der Waals surface area contributed by atoms with E-state index in [1.54, 1.807) is 26.0 Å². The van der Waals surface area contributed by atoms with Crippen molar-refractivity contribution in [3.63, 3.8) is 0 Å². The number of nitro benzene ring substituents is 1. The molecule has 3 rings (SSSR count). The summed E-state index contributed by atoms with van der Waals surface area (Å²) < 4.78 is 42.5. The molecule has 78 heavy (non-hydrogen) atoms. The van der Waals surface area contributed by atoms with E-state index in [-0.39, 0.29) is 102 Å². The van der Waals surface area contributed by atoms with Gasteiger partial charge in [0.1, 0.15) is 43.2 Å². The summed E-state index contributed by atoms with van der Waals surface area (Å²) in [5.74, 6) is 2.06. The zero-order valence-electron chi connectivity index (χ0n) is 44.4. The van der Waals surface area contributed by atoms with Gasteiger partial charge in [-0.25, -0.2) is 9.59 Å². The number of nitrogens with one attached hydrogen (secondary N) is 6. The number of nitro groups is 1. The van der Waals surface area contributed by atoms with Gasteiger partial charge in [0.2, 0.25) is 29.5 Å². The number of esters is 1. The van der Waals surface area contributed by atoms with Gasteiger partial charge in [-0.3, -0.25) is 38.9 Å². The normalized spacial score (nSPS) is 14.1. The number of methoxy groups -OCH3 is 1. The van der Waals surface area contributed by atoms with Crippen LogP contribution in [0.3, 0.4) is 0 Å². The highest BCUT2D eigenvalue weighted by molar-refractivity contribution is 5.99. The van der Waals surface area contributed by atoms with Crippen molar-refractivity contribution in [2.24, 2.45) is 11.7 Å². The first-order valence-corrected chi connectivity index (χ1v) is 25.7. The van der Waals surface area contributed by atoms with E-state index in [0.717, 1.165) is 32.1 Å². The van der Waals surface area contributed by atoms with Gasteiger partial charge in [0.25, 0.3) is 5.69 Å². The van der Waals surface area contributed by atoms with Crippen molar-refractivity contribution in [3.8, 4) is 17.6 Å². The molecule has 1 aliphatic carbocycles. The van der Waals surface area contributed by atoms with Gasteiger partial charge in [-0.05, 0) is 74.3 Å². The van der Waals surface area contributed by atoms with Gasteiger partial charge < -0.3 is 75.5 Å². The lowest BCUT2D eigenvalue weighted by atomic mass is 10.0. The molecule has 26 heteroatoms. The van der Waals surface area contributed by atoms with E-state index in [2.05, 4.69) is 43.7 Å². The number of non-ortho nitro benzene ring substituents is 1. The van der Waals surface area contributed by atoms with Gasteiger partial charge in [0.05, 0.1) is 64.9 Å². The number of rotatable bonds is 37. The van der Waals surface area contributed by atoms with Crippen molar-refractivity contribution in [3.05, 3.63) is 64.2 Å². The molecule has 7 amide bonds. The molecular weight excluding hydrogens is 1020 g/mol. The highest BCUT2D eigenvalue weighted by atomic mass is 16.7. The fraction of sp³-hybridized carbons (Fsp3) is 0.577. The molecule has 0 saturated carbocycles. The summed E-state index contributed by atoms with van der Waals surface area (Å²) in [7, 11) is 1.18. The molecule has 0 aliphatic heterocycles. The number of hydrogen-bond acceptors (Lipinski definition) is 18. The standard InChI is InChI=1S/C52H74N8O18/c1-36(2)47(50(66)58-42(12-9-24-55-51(53)67)48(64)56-38-15-13-37(14-16-38)34-77-52(68)78-41-19-17-39(18-20-41)60(69)70)59-49(65)43(21-22-46(63)71-3)57-44(61)23-26-72-28-30-74-32-33-75-31-29-73-27-25-54-45(62)35-76-40-10-7-5-4-6-8-11-40/h13-20,36,40,42-43,47H,4-7,9-10,12,21-35H2,1-3H3,(H,54,62)(H,56,64)(H,57,61)(H,58,66)(H,59,65)(H3,53,55,67)/t40?,42-,43-,47-/m0/s1. The third kappa shape index (κ3) is 28.6. The molecule has 430 valence electrons. The molecule has 0 saturated heterocycles. The van der Waals surface area contributed by atoms with Crippen LogP contribution in [0.15, 0.2) is 48.5 Å². The number of urea groups is 1. The molecular formula is C52H74N8O18. The monoisotopic (exact) mass is 1100 g/mol. The molecule has 2 aromatic rings. The number of anilines is 1. The Balaban J connectivity index is 1.40. The van der Waals surface area contributed by atoms with Crippen molar-refractivity contribution >= 4 is 59.1 Å². The van der Waals surface area contributed by atoms with Gasteiger partial charge in [0, 0.05) is 50.2 Å². The van der Waals surface area contributed by atoms with Crippen LogP contribution >= 0.6 is 0 Å². The lowest BCUT2D eigenvalue weighted by Gasteiger charge is -2.27. The molecule has 2 aromatic carbocycles. The molecule has 26 nitrogen and oxygen atoms in total. The van der Waals surface area contributed by atoms with Crippen LogP contribution in [0, 0.1) is 27.9 Å². The van der Waals surface area contributed by atoms with E-state index in [0.29, 0.717) is 44.2 Å². The molecule has 4 atom stereocenters. The van der Waals surface area contributed by atoms with E-state index in [1.807, 2.05) is 0 Å². The van der Waals surface area contributed by atoms with Crippen LogP contribution in [0.1, 0.15) is 83.6 Å². The van der Waals surface area contributed by atoms with Crippen LogP contribution in [-0.2, 0) is 68.5 Å². The maximum atomic E-state index is 13.9. The minimum atomic E-state index is -1.27. The molecule has 0 spiro atoms. The second-order valence-corrected chi connectivity index (χ2v) is 17.8. The first-order valence-electron chi connectivity index (χ1n) is 25.7. The van der Waals surface area contributed by atoms with Gasteiger partial charge in [-0.2, -0.15) is 0 Å². The Morgan fingerprint density at radius 2 is 1.37 bits per heavy atom. The lowest BCUT2D eigenvalue weighted by molar-refractivity contribution is -0.384. The summed E-state index contributed by atoms with van der Waals surface area (Å²) in [6.45, 7) is 5.40. The second kappa shape index (κ2) is 38.2. The summed E-state index contributed by atoms with van der Waals surface area (Å²) in [4.78, 5) is 112. The van der Waals surface area contributed by atoms with Crippen molar-refractivity contribution < 1.29 is 81.2 Å². The lowest BCUT2D eigenvalue weighted by Crippen LogP contribution is -2.58. The third-order valence-corrected chi connectivity index (χ3v) is 11.3. The van der Waals surface area contributed by atoms with Crippen LogP contribution in [0.25, 0.3) is 0 Å². The Bertz CT molecular complexity index is 2280. The Kier molecular flexibility index (Phi) is 31.7. The van der Waals surface area contributed by atoms with Crippen LogP contribution in [0.2, 0.25) is 0 Å². The largest absolute Gasteiger partial charge is 0.514 e. The highest BCUT2D eigenvalue weighted by Crippen LogP contribution is 2.19. The smallest absolute Gasteiger partial charge is 0.469 e. The summed E-state index contributed by atoms with van der Waals surface area (Å²) >= 11 is 0. The second-order valence-electron chi connectivity index (χ2n) is 17.8. The number of carbonyl (C=O) groups is 8. The third-order valence-electron chi connectivity index (χ3n) is 11.3. The molecule has 1 unspecified atom stereocenters. The average Bonchev–Trinajstić information content (AvgIpc) is 3.40. The zero-order chi connectivity index (χ0) is 56.9. The minimum absolute atomic E-state index is 0.0186.